The second kappa shape index (κ2) is 67.3. The van der Waals surface area contributed by atoms with Gasteiger partial charge >= 0.3 is 39.5 Å². The number of aliphatic hydroxyl groups is 1. The molecular formula is C74H144O17P2. The van der Waals surface area contributed by atoms with Gasteiger partial charge < -0.3 is 33.8 Å². The molecule has 0 aromatic carbocycles. The highest BCUT2D eigenvalue weighted by molar-refractivity contribution is 7.47. The molecule has 0 rings (SSSR count). The maximum atomic E-state index is 13.1. The molecule has 0 saturated heterocycles. The van der Waals surface area contributed by atoms with Crippen LogP contribution >= 0.6 is 15.6 Å². The molecule has 0 bridgehead atoms. The van der Waals surface area contributed by atoms with E-state index in [1.807, 2.05) is 0 Å². The summed E-state index contributed by atoms with van der Waals surface area (Å²) in [7, 11) is -9.90. The first kappa shape index (κ1) is 91.1. The van der Waals surface area contributed by atoms with Crippen LogP contribution in [0.25, 0.3) is 0 Å². The van der Waals surface area contributed by atoms with Gasteiger partial charge in [0.1, 0.15) is 19.3 Å². The van der Waals surface area contributed by atoms with E-state index in [0.29, 0.717) is 25.7 Å². The van der Waals surface area contributed by atoms with E-state index in [-0.39, 0.29) is 25.7 Å². The van der Waals surface area contributed by atoms with E-state index in [1.54, 1.807) is 0 Å². The van der Waals surface area contributed by atoms with Crippen LogP contribution in [0.2, 0.25) is 0 Å². The van der Waals surface area contributed by atoms with E-state index >= 15 is 0 Å². The Morgan fingerprint density at radius 2 is 0.516 bits per heavy atom. The molecule has 19 heteroatoms. The molecule has 552 valence electrons. The van der Waals surface area contributed by atoms with Crippen molar-refractivity contribution in [2.75, 3.05) is 39.6 Å². The second-order valence-electron chi connectivity index (χ2n) is 26.9. The fourth-order valence-electron chi connectivity index (χ4n) is 11.3. The summed E-state index contributed by atoms with van der Waals surface area (Å²) in [6.45, 7) is 7.24. The Hall–Kier alpha value is -1.94. The van der Waals surface area contributed by atoms with E-state index < -0.39 is 97.5 Å². The molecule has 6 atom stereocenters. The monoisotopic (exact) mass is 1370 g/mol. The zero-order chi connectivity index (χ0) is 68.4. The minimum Gasteiger partial charge on any atom is -0.462 e. The van der Waals surface area contributed by atoms with Crippen LogP contribution in [0.3, 0.4) is 0 Å². The number of esters is 4. The number of phosphoric acid groups is 2. The molecule has 93 heavy (non-hydrogen) atoms. The molecule has 0 amide bonds. The molecule has 0 radical (unpaired) electrons. The van der Waals surface area contributed by atoms with Crippen molar-refractivity contribution in [3.05, 3.63) is 0 Å². The maximum absolute atomic E-state index is 13.1. The topological polar surface area (TPSA) is 237 Å². The molecule has 0 aliphatic heterocycles. The minimum atomic E-state index is -4.95. The average Bonchev–Trinajstić information content (AvgIpc) is 2.86. The summed E-state index contributed by atoms with van der Waals surface area (Å²) in [5, 5.41) is 10.6. The van der Waals surface area contributed by atoms with Crippen LogP contribution in [-0.2, 0) is 65.4 Å². The first-order chi connectivity index (χ1) is 45.1. The number of carbonyl (C=O) groups is 4. The molecule has 0 aliphatic rings. The van der Waals surface area contributed by atoms with Crippen molar-refractivity contribution in [3.8, 4) is 0 Å². The lowest BCUT2D eigenvalue weighted by Crippen LogP contribution is -2.30. The molecule has 0 aromatic heterocycles. The third-order valence-electron chi connectivity index (χ3n) is 17.6. The van der Waals surface area contributed by atoms with Crippen molar-refractivity contribution in [2.24, 2.45) is 5.92 Å². The minimum absolute atomic E-state index is 0.106. The first-order valence-electron chi connectivity index (χ1n) is 38.7. The lowest BCUT2D eigenvalue weighted by molar-refractivity contribution is -0.161. The summed E-state index contributed by atoms with van der Waals surface area (Å²) in [5.74, 6) is -1.38. The van der Waals surface area contributed by atoms with Crippen LogP contribution in [0, 0.1) is 5.92 Å². The molecular weight excluding hydrogens is 1220 g/mol. The third-order valence-corrected chi connectivity index (χ3v) is 19.5. The van der Waals surface area contributed by atoms with E-state index in [1.165, 1.54) is 205 Å². The van der Waals surface area contributed by atoms with Crippen molar-refractivity contribution in [1.82, 2.24) is 0 Å². The standard InChI is InChI=1S/C74H144O17P2/c1-6-10-13-16-19-22-25-27-29-30-31-32-34-37-40-43-50-55-60-74(79)90-69(63-84-71(76)57-52-47-41-38-36-33-28-26-23-20-17-14-11-7-2)65-88-92(80,81)86-61-68(75)62-87-93(82,83)89-66-70(64-85-72(77)58-53-48-45-44-46-51-56-67(5)9-4)91-73(78)59-54-49-42-39-35-24-21-18-15-12-8-3/h67-70,75H,6-66H2,1-5H3,(H,80,81)(H,82,83)/t67?,68-,69-,70-/m1/s1. The Morgan fingerprint density at radius 3 is 0.763 bits per heavy atom. The molecule has 0 spiro atoms. The normalized spacial score (nSPS) is 14.3. The van der Waals surface area contributed by atoms with Crippen LogP contribution in [-0.4, -0.2) is 96.7 Å². The number of phosphoric ester groups is 2. The Bertz CT molecular complexity index is 1790. The summed E-state index contributed by atoms with van der Waals surface area (Å²) in [6.07, 6.45) is 55.4. The molecule has 3 unspecified atom stereocenters. The Kier molecular flexibility index (Phi) is 65.9. The lowest BCUT2D eigenvalue weighted by atomic mass is 10.00. The number of hydrogen-bond acceptors (Lipinski definition) is 15. The van der Waals surface area contributed by atoms with Gasteiger partial charge in [0.25, 0.3) is 0 Å². The quantitative estimate of drug-likeness (QED) is 0.0222. The van der Waals surface area contributed by atoms with Crippen molar-refractivity contribution in [1.29, 1.82) is 0 Å². The summed E-state index contributed by atoms with van der Waals surface area (Å²) in [4.78, 5) is 72.7. The van der Waals surface area contributed by atoms with Gasteiger partial charge in [0.15, 0.2) is 12.2 Å². The van der Waals surface area contributed by atoms with E-state index in [4.69, 9.17) is 37.0 Å². The van der Waals surface area contributed by atoms with Crippen LogP contribution in [0.15, 0.2) is 0 Å². The number of rotatable bonds is 74. The Morgan fingerprint density at radius 1 is 0.301 bits per heavy atom. The van der Waals surface area contributed by atoms with Gasteiger partial charge in [-0.3, -0.25) is 37.3 Å². The largest absolute Gasteiger partial charge is 0.472 e. The summed E-state index contributed by atoms with van der Waals surface area (Å²) in [5.41, 5.74) is 0. The summed E-state index contributed by atoms with van der Waals surface area (Å²) in [6, 6.07) is 0. The fourth-order valence-corrected chi connectivity index (χ4v) is 12.9. The van der Waals surface area contributed by atoms with Gasteiger partial charge in [-0.15, -0.1) is 0 Å². The van der Waals surface area contributed by atoms with Crippen LogP contribution < -0.4 is 0 Å². The molecule has 3 N–H and O–H groups in total. The predicted octanol–water partition coefficient (Wildman–Crippen LogP) is 21.7. The average molecular weight is 1370 g/mol. The molecule has 17 nitrogen and oxygen atoms in total. The molecule has 0 saturated carbocycles. The van der Waals surface area contributed by atoms with Crippen molar-refractivity contribution in [3.63, 3.8) is 0 Å². The van der Waals surface area contributed by atoms with E-state index in [0.717, 1.165) is 102 Å². The third kappa shape index (κ3) is 67.0. The molecule has 0 fully saturated rings. The van der Waals surface area contributed by atoms with Crippen molar-refractivity contribution >= 4 is 39.5 Å². The van der Waals surface area contributed by atoms with Gasteiger partial charge in [-0.1, -0.05) is 336 Å². The summed E-state index contributed by atoms with van der Waals surface area (Å²) < 4.78 is 68.4. The number of unbranched alkanes of at least 4 members (excludes halogenated alkanes) is 45. The van der Waals surface area contributed by atoms with Crippen molar-refractivity contribution in [2.45, 2.75) is 406 Å². The predicted molar refractivity (Wildman–Crippen MR) is 377 cm³/mol. The fraction of sp³-hybridized carbons (Fsp3) is 0.946. The molecule has 0 aromatic rings. The zero-order valence-electron chi connectivity index (χ0n) is 60.4. The van der Waals surface area contributed by atoms with Gasteiger partial charge in [-0.2, -0.15) is 0 Å². The van der Waals surface area contributed by atoms with Gasteiger partial charge in [0, 0.05) is 25.7 Å². The van der Waals surface area contributed by atoms with Crippen LogP contribution in [0.5, 0.6) is 0 Å². The summed E-state index contributed by atoms with van der Waals surface area (Å²) >= 11 is 0. The molecule has 0 heterocycles. The van der Waals surface area contributed by atoms with Gasteiger partial charge in [-0.05, 0) is 31.6 Å². The van der Waals surface area contributed by atoms with Gasteiger partial charge in [-0.25, -0.2) is 9.13 Å². The second-order valence-corrected chi connectivity index (χ2v) is 29.8. The first-order valence-corrected chi connectivity index (χ1v) is 41.7. The number of hydrogen-bond donors (Lipinski definition) is 3. The SMILES string of the molecule is CCCCCCCCCCCCCCCCCCCCC(=O)O[C@H](COC(=O)CCCCCCCCCCCCCCCC)COP(=O)(O)OC[C@@H](O)COP(=O)(O)OC[C@@H](COC(=O)CCCCCCCCC(C)CC)OC(=O)CCCCCCCCCCCCC. The number of ether oxygens (including phenoxy) is 4. The molecule has 0 aliphatic carbocycles. The Labute approximate surface area is 568 Å². The van der Waals surface area contributed by atoms with Gasteiger partial charge in [0.2, 0.25) is 0 Å². The Balaban J connectivity index is 5.23. The zero-order valence-corrected chi connectivity index (χ0v) is 62.2. The highest BCUT2D eigenvalue weighted by Gasteiger charge is 2.30. The van der Waals surface area contributed by atoms with Crippen molar-refractivity contribution < 1.29 is 80.2 Å². The maximum Gasteiger partial charge on any atom is 0.472 e. The highest BCUT2D eigenvalue weighted by atomic mass is 31.2. The van der Waals surface area contributed by atoms with Crippen LogP contribution in [0.1, 0.15) is 388 Å². The van der Waals surface area contributed by atoms with E-state index in [2.05, 4.69) is 34.6 Å². The lowest BCUT2D eigenvalue weighted by Gasteiger charge is -2.21. The smallest absolute Gasteiger partial charge is 0.462 e. The number of carbonyl (C=O) groups excluding carboxylic acids is 4. The highest BCUT2D eigenvalue weighted by Crippen LogP contribution is 2.45. The number of aliphatic hydroxyl groups excluding tert-OH is 1. The van der Waals surface area contributed by atoms with Gasteiger partial charge in [0.05, 0.1) is 26.4 Å². The van der Waals surface area contributed by atoms with E-state index in [9.17, 15) is 43.2 Å². The van der Waals surface area contributed by atoms with Crippen LogP contribution in [0.4, 0.5) is 0 Å².